The lowest BCUT2D eigenvalue weighted by Crippen LogP contribution is -2.41. The predicted molar refractivity (Wildman–Crippen MR) is 71.0 cm³/mol. The van der Waals surface area contributed by atoms with Crippen LogP contribution in [0.3, 0.4) is 0 Å². The summed E-state index contributed by atoms with van der Waals surface area (Å²) in [6.45, 7) is 2.24. The molecule has 8 heteroatoms. The number of hydrogen-bond donors (Lipinski definition) is 2. The number of carbonyl (C=O) groups excluding carboxylic acids is 1. The van der Waals surface area contributed by atoms with E-state index in [1.165, 1.54) is 11.3 Å². The molecule has 0 aliphatic rings. The molecule has 1 rings (SSSR count). The molecule has 1 aromatic heterocycles. The number of amides is 1. The van der Waals surface area contributed by atoms with Gasteiger partial charge in [-0.05, 0) is 13.3 Å². The molecule has 0 aliphatic carbocycles. The van der Waals surface area contributed by atoms with E-state index in [-0.39, 0.29) is 18.1 Å². The van der Waals surface area contributed by atoms with Gasteiger partial charge in [0, 0.05) is 11.1 Å². The van der Waals surface area contributed by atoms with Crippen LogP contribution < -0.4 is 11.1 Å². The summed E-state index contributed by atoms with van der Waals surface area (Å²) in [5.74, 6) is -0.423. The summed E-state index contributed by atoms with van der Waals surface area (Å²) >= 11 is 1.46. The van der Waals surface area contributed by atoms with Crippen molar-refractivity contribution in [3.8, 4) is 0 Å². The SMILES string of the molecule is Cc1ncsc1CNC(=O)C(N)CCS(C)(=O)=O. The first-order chi connectivity index (χ1) is 8.29. The lowest BCUT2D eigenvalue weighted by Gasteiger charge is -2.11. The summed E-state index contributed by atoms with van der Waals surface area (Å²) in [7, 11) is -3.09. The second kappa shape index (κ2) is 6.26. The van der Waals surface area contributed by atoms with Crippen molar-refractivity contribution >= 4 is 27.1 Å². The van der Waals surface area contributed by atoms with E-state index >= 15 is 0 Å². The highest BCUT2D eigenvalue weighted by Crippen LogP contribution is 2.11. The minimum absolute atomic E-state index is 0.0822. The van der Waals surface area contributed by atoms with Gasteiger partial charge in [0.2, 0.25) is 5.91 Å². The van der Waals surface area contributed by atoms with Gasteiger partial charge in [-0.2, -0.15) is 0 Å². The maximum absolute atomic E-state index is 11.6. The molecule has 1 atom stereocenters. The molecule has 0 saturated carbocycles. The minimum Gasteiger partial charge on any atom is -0.350 e. The monoisotopic (exact) mass is 291 g/mol. The van der Waals surface area contributed by atoms with Crippen LogP contribution in [0.25, 0.3) is 0 Å². The van der Waals surface area contributed by atoms with Crippen LogP contribution in [-0.4, -0.2) is 37.4 Å². The highest BCUT2D eigenvalue weighted by Gasteiger charge is 2.16. The molecular weight excluding hydrogens is 274 g/mol. The number of thiazole rings is 1. The summed E-state index contributed by atoms with van der Waals surface area (Å²) in [4.78, 5) is 16.7. The van der Waals surface area contributed by atoms with Crippen molar-refractivity contribution in [2.24, 2.45) is 5.73 Å². The van der Waals surface area contributed by atoms with Gasteiger partial charge in [0.15, 0.2) is 0 Å². The molecule has 0 aromatic carbocycles. The van der Waals surface area contributed by atoms with Gasteiger partial charge in [-0.15, -0.1) is 11.3 Å². The van der Waals surface area contributed by atoms with E-state index in [0.29, 0.717) is 6.54 Å². The molecular formula is C10H17N3O3S2. The summed E-state index contributed by atoms with van der Waals surface area (Å²) in [6, 6.07) is -0.798. The van der Waals surface area contributed by atoms with Crippen molar-refractivity contribution in [2.75, 3.05) is 12.0 Å². The van der Waals surface area contributed by atoms with Crippen LogP contribution in [0.15, 0.2) is 5.51 Å². The van der Waals surface area contributed by atoms with Crippen molar-refractivity contribution in [1.82, 2.24) is 10.3 Å². The van der Waals surface area contributed by atoms with Gasteiger partial charge >= 0.3 is 0 Å². The molecule has 1 unspecified atom stereocenters. The standard InChI is InChI=1S/C10H17N3O3S2/c1-7-9(17-6-13-7)5-12-10(14)8(11)3-4-18(2,15)16/h6,8H,3-5,11H2,1-2H3,(H,12,14). The van der Waals surface area contributed by atoms with E-state index in [1.807, 2.05) is 6.92 Å². The summed E-state index contributed by atoms with van der Waals surface area (Å²) in [5.41, 5.74) is 8.20. The van der Waals surface area contributed by atoms with Crippen LogP contribution in [0.4, 0.5) is 0 Å². The third-order valence-corrected chi connectivity index (χ3v) is 4.32. The number of aromatic nitrogens is 1. The Hall–Kier alpha value is -0.990. The highest BCUT2D eigenvalue weighted by atomic mass is 32.2. The quantitative estimate of drug-likeness (QED) is 0.757. The van der Waals surface area contributed by atoms with Gasteiger partial charge in [-0.1, -0.05) is 0 Å². The van der Waals surface area contributed by atoms with E-state index in [2.05, 4.69) is 10.3 Å². The molecule has 0 radical (unpaired) electrons. The lowest BCUT2D eigenvalue weighted by atomic mass is 10.2. The number of aryl methyl sites for hydroxylation is 1. The third kappa shape index (κ3) is 5.11. The van der Waals surface area contributed by atoms with Gasteiger partial charge in [-0.25, -0.2) is 13.4 Å². The molecule has 1 heterocycles. The van der Waals surface area contributed by atoms with Crippen LogP contribution in [0.1, 0.15) is 17.0 Å². The summed E-state index contributed by atoms with van der Waals surface area (Å²) in [5, 5.41) is 2.67. The third-order valence-electron chi connectivity index (χ3n) is 2.40. The molecule has 6 nitrogen and oxygen atoms in total. The average molecular weight is 291 g/mol. The number of nitrogens with one attached hydrogen (secondary N) is 1. The fourth-order valence-corrected chi connectivity index (χ4v) is 2.67. The maximum Gasteiger partial charge on any atom is 0.237 e. The molecule has 0 aliphatic heterocycles. The first kappa shape index (κ1) is 15.1. The molecule has 0 saturated heterocycles. The first-order valence-electron chi connectivity index (χ1n) is 5.39. The van der Waals surface area contributed by atoms with Crippen LogP contribution in [0, 0.1) is 6.92 Å². The Balaban J connectivity index is 2.39. The number of hydrogen-bond acceptors (Lipinski definition) is 6. The fraction of sp³-hybridized carbons (Fsp3) is 0.600. The Bertz CT molecular complexity index is 510. The van der Waals surface area contributed by atoms with Gasteiger partial charge in [0.05, 0.1) is 29.5 Å². The zero-order valence-corrected chi connectivity index (χ0v) is 12.0. The molecule has 1 amide bonds. The minimum atomic E-state index is -3.09. The van der Waals surface area contributed by atoms with Gasteiger partial charge < -0.3 is 11.1 Å². The highest BCUT2D eigenvalue weighted by molar-refractivity contribution is 7.90. The van der Waals surface area contributed by atoms with Crippen molar-refractivity contribution in [1.29, 1.82) is 0 Å². The van der Waals surface area contributed by atoms with Crippen molar-refractivity contribution < 1.29 is 13.2 Å². The molecule has 0 spiro atoms. The molecule has 18 heavy (non-hydrogen) atoms. The second-order valence-corrected chi connectivity index (χ2v) is 7.30. The smallest absolute Gasteiger partial charge is 0.237 e. The number of sulfone groups is 1. The largest absolute Gasteiger partial charge is 0.350 e. The van der Waals surface area contributed by atoms with Crippen molar-refractivity contribution in [3.63, 3.8) is 0 Å². The normalized spacial score (nSPS) is 13.3. The fourth-order valence-electron chi connectivity index (χ4n) is 1.27. The number of rotatable bonds is 6. The number of nitrogens with zero attached hydrogens (tertiary/aromatic N) is 1. The van der Waals surface area contributed by atoms with E-state index in [1.54, 1.807) is 5.51 Å². The van der Waals surface area contributed by atoms with E-state index in [0.717, 1.165) is 16.8 Å². The Kier molecular flexibility index (Phi) is 5.24. The molecule has 0 bridgehead atoms. The summed E-state index contributed by atoms with van der Waals surface area (Å²) < 4.78 is 21.9. The van der Waals surface area contributed by atoms with Crippen molar-refractivity contribution in [3.05, 3.63) is 16.1 Å². The molecule has 1 aromatic rings. The predicted octanol–water partition coefficient (Wildman–Crippen LogP) is -0.170. The maximum atomic E-state index is 11.6. The van der Waals surface area contributed by atoms with Gasteiger partial charge in [-0.3, -0.25) is 4.79 Å². The molecule has 0 fully saturated rings. The van der Waals surface area contributed by atoms with E-state index in [9.17, 15) is 13.2 Å². The van der Waals surface area contributed by atoms with E-state index in [4.69, 9.17) is 5.73 Å². The van der Waals surface area contributed by atoms with Crippen LogP contribution >= 0.6 is 11.3 Å². The van der Waals surface area contributed by atoms with Crippen molar-refractivity contribution in [2.45, 2.75) is 25.9 Å². The van der Waals surface area contributed by atoms with Crippen LogP contribution in [0.5, 0.6) is 0 Å². The zero-order chi connectivity index (χ0) is 13.8. The molecule has 3 N–H and O–H groups in total. The molecule has 102 valence electrons. The Morgan fingerprint density at radius 1 is 1.61 bits per heavy atom. The number of carbonyl (C=O) groups is 1. The lowest BCUT2D eigenvalue weighted by molar-refractivity contribution is -0.122. The van der Waals surface area contributed by atoms with E-state index < -0.39 is 15.9 Å². The van der Waals surface area contributed by atoms with Gasteiger partial charge in [0.25, 0.3) is 0 Å². The van der Waals surface area contributed by atoms with Crippen LogP contribution in [-0.2, 0) is 21.2 Å². The average Bonchev–Trinajstić information content (AvgIpc) is 2.67. The van der Waals surface area contributed by atoms with Gasteiger partial charge in [0.1, 0.15) is 9.84 Å². The summed E-state index contributed by atoms with van der Waals surface area (Å²) in [6.07, 6.45) is 1.25. The number of nitrogens with two attached hydrogens (primary N) is 1. The zero-order valence-electron chi connectivity index (χ0n) is 10.3. The Morgan fingerprint density at radius 2 is 2.28 bits per heavy atom. The Morgan fingerprint density at radius 3 is 2.78 bits per heavy atom. The first-order valence-corrected chi connectivity index (χ1v) is 8.33. The van der Waals surface area contributed by atoms with Crippen LogP contribution in [0.2, 0.25) is 0 Å². The Labute approximate surface area is 111 Å². The second-order valence-electron chi connectivity index (χ2n) is 4.10. The topological polar surface area (TPSA) is 102 Å².